The number of nitrogen functional groups attached to an aromatic ring is 1. The molecule has 0 atom stereocenters. The third-order valence-corrected chi connectivity index (χ3v) is 4.72. The summed E-state index contributed by atoms with van der Waals surface area (Å²) in [6.45, 7) is 7.32. The maximum atomic E-state index is 6.07. The highest BCUT2D eigenvalue weighted by Crippen LogP contribution is 2.26. The number of hydrogen-bond donors (Lipinski definition) is 1. The Morgan fingerprint density at radius 1 is 1.14 bits per heavy atom. The van der Waals surface area contributed by atoms with Crippen LogP contribution in [-0.4, -0.2) is 26.5 Å². The van der Waals surface area contributed by atoms with Crippen LogP contribution in [0.1, 0.15) is 43.3 Å². The van der Waals surface area contributed by atoms with Gasteiger partial charge >= 0.3 is 0 Å². The fourth-order valence-corrected chi connectivity index (χ4v) is 3.24. The second kappa shape index (κ2) is 7.16. The van der Waals surface area contributed by atoms with Crippen LogP contribution in [0.4, 0.5) is 5.82 Å². The molecule has 0 unspecified atom stereocenters. The SMILES string of the molecule is CCc1nc2c(N)nc(C)c(C)c2n1CCCCCSC. The first-order chi connectivity index (χ1) is 10.1. The Kier molecular flexibility index (Phi) is 5.51. The van der Waals surface area contributed by atoms with Gasteiger partial charge < -0.3 is 10.3 Å². The van der Waals surface area contributed by atoms with E-state index in [4.69, 9.17) is 10.7 Å². The van der Waals surface area contributed by atoms with Crippen LogP contribution in [0.15, 0.2) is 0 Å². The van der Waals surface area contributed by atoms with Crippen LogP contribution in [0.3, 0.4) is 0 Å². The van der Waals surface area contributed by atoms with Gasteiger partial charge in [0.25, 0.3) is 0 Å². The van der Waals surface area contributed by atoms with Gasteiger partial charge in [0.2, 0.25) is 0 Å². The molecule has 0 aliphatic rings. The van der Waals surface area contributed by atoms with Crippen molar-refractivity contribution < 1.29 is 0 Å². The maximum Gasteiger partial charge on any atom is 0.151 e. The van der Waals surface area contributed by atoms with Crippen molar-refractivity contribution in [2.45, 2.75) is 53.0 Å². The molecule has 0 saturated carbocycles. The molecule has 0 spiro atoms. The Morgan fingerprint density at radius 2 is 1.90 bits per heavy atom. The smallest absolute Gasteiger partial charge is 0.151 e. The van der Waals surface area contributed by atoms with Gasteiger partial charge in [0.05, 0.1) is 5.52 Å². The monoisotopic (exact) mass is 306 g/mol. The van der Waals surface area contributed by atoms with Crippen LogP contribution < -0.4 is 5.73 Å². The number of aryl methyl sites for hydroxylation is 4. The molecule has 0 radical (unpaired) electrons. The second-order valence-corrected chi connectivity index (χ2v) is 6.48. The van der Waals surface area contributed by atoms with E-state index in [0.717, 1.165) is 30.0 Å². The molecule has 0 saturated heterocycles. The summed E-state index contributed by atoms with van der Waals surface area (Å²) in [5.74, 6) is 2.93. The zero-order valence-electron chi connectivity index (χ0n) is 13.6. The van der Waals surface area contributed by atoms with Crippen LogP contribution in [0.2, 0.25) is 0 Å². The van der Waals surface area contributed by atoms with E-state index in [1.807, 2.05) is 18.7 Å². The molecule has 5 heteroatoms. The highest BCUT2D eigenvalue weighted by Gasteiger charge is 2.16. The molecule has 0 amide bonds. The van der Waals surface area contributed by atoms with E-state index in [-0.39, 0.29) is 0 Å². The quantitative estimate of drug-likeness (QED) is 0.792. The molecule has 2 aromatic rings. The number of nitrogens with two attached hydrogens (primary N) is 1. The van der Waals surface area contributed by atoms with Crippen LogP contribution in [0.5, 0.6) is 0 Å². The Morgan fingerprint density at radius 3 is 2.57 bits per heavy atom. The number of imidazole rings is 1. The van der Waals surface area contributed by atoms with Gasteiger partial charge in [-0.15, -0.1) is 0 Å². The van der Waals surface area contributed by atoms with Crippen molar-refractivity contribution in [1.29, 1.82) is 0 Å². The number of thioether (sulfide) groups is 1. The summed E-state index contributed by atoms with van der Waals surface area (Å²) >= 11 is 1.92. The zero-order valence-corrected chi connectivity index (χ0v) is 14.4. The molecule has 2 aromatic heterocycles. The number of fused-ring (bicyclic) bond motifs is 1. The highest BCUT2D eigenvalue weighted by molar-refractivity contribution is 7.98. The topological polar surface area (TPSA) is 56.7 Å². The van der Waals surface area contributed by atoms with Gasteiger partial charge in [-0.1, -0.05) is 13.3 Å². The first-order valence-electron chi connectivity index (χ1n) is 7.70. The molecule has 0 aliphatic carbocycles. The lowest BCUT2D eigenvalue weighted by atomic mass is 10.2. The number of aromatic nitrogens is 3. The fraction of sp³-hybridized carbons (Fsp3) is 0.625. The van der Waals surface area contributed by atoms with Gasteiger partial charge in [-0.25, -0.2) is 9.97 Å². The van der Waals surface area contributed by atoms with Gasteiger partial charge in [-0.3, -0.25) is 0 Å². The summed E-state index contributed by atoms with van der Waals surface area (Å²) in [6, 6.07) is 0. The van der Waals surface area contributed by atoms with Gasteiger partial charge in [0.15, 0.2) is 5.82 Å². The fourth-order valence-electron chi connectivity index (χ4n) is 2.75. The summed E-state index contributed by atoms with van der Waals surface area (Å²) in [4.78, 5) is 9.13. The predicted molar refractivity (Wildman–Crippen MR) is 93.0 cm³/mol. The van der Waals surface area contributed by atoms with E-state index in [9.17, 15) is 0 Å². The summed E-state index contributed by atoms with van der Waals surface area (Å²) in [5, 5.41) is 0. The van der Waals surface area contributed by atoms with Gasteiger partial charge in [-0.05, 0) is 44.3 Å². The van der Waals surface area contributed by atoms with Gasteiger partial charge in [0.1, 0.15) is 11.3 Å². The molecule has 0 aliphatic heterocycles. The molecule has 4 nitrogen and oxygen atoms in total. The van der Waals surface area contributed by atoms with E-state index in [1.165, 1.54) is 36.1 Å². The number of rotatable bonds is 7. The third kappa shape index (κ3) is 3.34. The number of unbranched alkanes of at least 4 members (excludes halogenated alkanes) is 2. The largest absolute Gasteiger partial charge is 0.382 e. The molecule has 0 aromatic carbocycles. The zero-order chi connectivity index (χ0) is 15.4. The van der Waals surface area contributed by atoms with Crippen molar-refractivity contribution in [3.63, 3.8) is 0 Å². The molecule has 2 N–H and O–H groups in total. The van der Waals surface area contributed by atoms with Crippen LogP contribution in [0, 0.1) is 13.8 Å². The van der Waals surface area contributed by atoms with Crippen molar-refractivity contribution in [1.82, 2.24) is 14.5 Å². The summed E-state index contributed by atoms with van der Waals surface area (Å²) in [7, 11) is 0. The van der Waals surface area contributed by atoms with Gasteiger partial charge in [0, 0.05) is 18.7 Å². The first-order valence-corrected chi connectivity index (χ1v) is 9.10. The predicted octanol–water partition coefficient (Wildman–Crippen LogP) is 3.73. The maximum absolute atomic E-state index is 6.07. The van der Waals surface area contributed by atoms with E-state index in [1.54, 1.807) is 0 Å². The average molecular weight is 306 g/mol. The van der Waals surface area contributed by atoms with Crippen molar-refractivity contribution in [3.8, 4) is 0 Å². The highest BCUT2D eigenvalue weighted by atomic mass is 32.2. The van der Waals surface area contributed by atoms with E-state index < -0.39 is 0 Å². The van der Waals surface area contributed by atoms with Crippen molar-refractivity contribution in [2.75, 3.05) is 17.7 Å². The summed E-state index contributed by atoms with van der Waals surface area (Å²) in [5.41, 5.74) is 10.3. The molecule has 2 rings (SSSR count). The van der Waals surface area contributed by atoms with Crippen LogP contribution in [-0.2, 0) is 13.0 Å². The molecular weight excluding hydrogens is 280 g/mol. The van der Waals surface area contributed by atoms with Crippen molar-refractivity contribution in [3.05, 3.63) is 17.1 Å². The van der Waals surface area contributed by atoms with Crippen LogP contribution in [0.25, 0.3) is 11.0 Å². The molecule has 116 valence electrons. The molecular formula is C16H26N4S. The average Bonchev–Trinajstić information content (AvgIpc) is 2.84. The second-order valence-electron chi connectivity index (χ2n) is 5.49. The van der Waals surface area contributed by atoms with Crippen molar-refractivity contribution in [2.24, 2.45) is 0 Å². The molecule has 2 heterocycles. The standard InChI is InChI=1S/C16H26N4S/c1-5-13-19-14-15(11(2)12(3)18-16(14)17)20(13)9-7-6-8-10-21-4/h5-10H2,1-4H3,(H2,17,18). The first kappa shape index (κ1) is 16.1. The molecule has 0 bridgehead atoms. The molecule has 0 fully saturated rings. The Labute approximate surface area is 131 Å². The normalized spacial score (nSPS) is 11.4. The minimum atomic E-state index is 0.559. The van der Waals surface area contributed by atoms with Crippen LogP contribution >= 0.6 is 11.8 Å². The lowest BCUT2D eigenvalue weighted by Gasteiger charge is -2.11. The lowest BCUT2D eigenvalue weighted by molar-refractivity contribution is 0.595. The summed E-state index contributed by atoms with van der Waals surface area (Å²) < 4.78 is 2.36. The third-order valence-electron chi connectivity index (χ3n) is 4.02. The molecule has 21 heavy (non-hydrogen) atoms. The minimum absolute atomic E-state index is 0.559. The number of pyridine rings is 1. The van der Waals surface area contributed by atoms with Gasteiger partial charge in [-0.2, -0.15) is 11.8 Å². The number of anilines is 1. The lowest BCUT2D eigenvalue weighted by Crippen LogP contribution is -2.05. The van der Waals surface area contributed by atoms with E-state index in [0.29, 0.717) is 5.82 Å². The van der Waals surface area contributed by atoms with Crippen molar-refractivity contribution >= 4 is 28.6 Å². The Bertz CT molecular complexity index is 618. The number of hydrogen-bond acceptors (Lipinski definition) is 4. The minimum Gasteiger partial charge on any atom is -0.382 e. The van der Waals surface area contributed by atoms with E-state index >= 15 is 0 Å². The Balaban J connectivity index is 2.32. The Hall–Kier alpha value is -1.23. The summed E-state index contributed by atoms with van der Waals surface area (Å²) in [6.07, 6.45) is 6.84. The number of nitrogens with zero attached hydrogens (tertiary/aromatic N) is 3. The van der Waals surface area contributed by atoms with E-state index in [2.05, 4.69) is 29.7 Å².